The summed E-state index contributed by atoms with van der Waals surface area (Å²) in [6, 6.07) is 12.1. The third kappa shape index (κ3) is 3.14. The highest BCUT2D eigenvalue weighted by Gasteiger charge is 2.28. The van der Waals surface area contributed by atoms with Crippen LogP contribution in [0.5, 0.6) is 0 Å². The zero-order valence-corrected chi connectivity index (χ0v) is 12.0. The molecular weight excluding hydrogens is 218 g/mol. The van der Waals surface area contributed by atoms with Crippen molar-refractivity contribution in [2.75, 3.05) is 0 Å². The molecule has 0 radical (unpaired) electrons. The van der Waals surface area contributed by atoms with Gasteiger partial charge in [-0.25, -0.2) is 0 Å². The Labute approximate surface area is 112 Å². The van der Waals surface area contributed by atoms with Gasteiger partial charge in [-0.2, -0.15) is 0 Å². The number of hydrogen-bond donors (Lipinski definition) is 1. The lowest BCUT2D eigenvalue weighted by Crippen LogP contribution is -2.37. The first-order chi connectivity index (χ1) is 8.72. The molecule has 18 heavy (non-hydrogen) atoms. The van der Waals surface area contributed by atoms with Gasteiger partial charge in [0.05, 0.1) is 0 Å². The van der Waals surface area contributed by atoms with E-state index in [0.29, 0.717) is 12.0 Å². The van der Waals surface area contributed by atoms with Gasteiger partial charge in [-0.3, -0.25) is 0 Å². The average Bonchev–Trinajstić information content (AvgIpc) is 2.83. The first-order valence-electron chi connectivity index (χ1n) is 7.53. The van der Waals surface area contributed by atoms with Crippen LogP contribution in [0.1, 0.15) is 58.1 Å². The number of benzene rings is 1. The Kier molecular flexibility index (Phi) is 4.82. The quantitative estimate of drug-likeness (QED) is 0.802. The van der Waals surface area contributed by atoms with Crippen molar-refractivity contribution in [1.29, 1.82) is 0 Å². The molecule has 1 fully saturated rings. The monoisotopic (exact) mass is 245 g/mol. The number of nitrogens with one attached hydrogen (secondary N) is 1. The molecule has 0 aromatic heterocycles. The van der Waals surface area contributed by atoms with Crippen LogP contribution in [0.2, 0.25) is 0 Å². The molecule has 1 aromatic rings. The molecule has 0 bridgehead atoms. The highest BCUT2D eigenvalue weighted by molar-refractivity contribution is 5.19. The molecule has 2 rings (SSSR count). The highest BCUT2D eigenvalue weighted by atomic mass is 15.0. The van der Waals surface area contributed by atoms with Gasteiger partial charge in [0.15, 0.2) is 0 Å². The van der Waals surface area contributed by atoms with E-state index in [1.54, 1.807) is 0 Å². The summed E-state index contributed by atoms with van der Waals surface area (Å²) in [5.74, 6) is 1.53. The normalized spacial score (nSPS) is 25.6. The fraction of sp³-hybridized carbons (Fsp3) is 0.647. The second kappa shape index (κ2) is 6.38. The van der Waals surface area contributed by atoms with Crippen LogP contribution < -0.4 is 5.32 Å². The lowest BCUT2D eigenvalue weighted by Gasteiger charge is -2.29. The molecular formula is C17H27N. The molecule has 1 aromatic carbocycles. The summed E-state index contributed by atoms with van der Waals surface area (Å²) in [5.41, 5.74) is 1.44. The predicted octanol–water partition coefficient (Wildman–Crippen LogP) is 4.55. The molecule has 100 valence electrons. The lowest BCUT2D eigenvalue weighted by molar-refractivity contribution is 0.307. The third-order valence-electron chi connectivity index (χ3n) is 4.40. The summed E-state index contributed by atoms with van der Waals surface area (Å²) in [4.78, 5) is 0. The van der Waals surface area contributed by atoms with Crippen LogP contribution in [-0.2, 0) is 0 Å². The Morgan fingerprint density at radius 1 is 1.17 bits per heavy atom. The third-order valence-corrected chi connectivity index (χ3v) is 4.40. The second-order valence-corrected chi connectivity index (χ2v) is 6.00. The Bertz CT molecular complexity index is 344. The van der Waals surface area contributed by atoms with Gasteiger partial charge in [0.2, 0.25) is 0 Å². The second-order valence-electron chi connectivity index (χ2n) is 6.00. The van der Waals surface area contributed by atoms with Crippen molar-refractivity contribution in [3.63, 3.8) is 0 Å². The molecule has 1 heteroatoms. The standard InChI is InChI=1S/C17H27N/c1-4-14-11-8-12-16(14)18-17(13(2)3)15-9-6-5-7-10-15/h5-7,9-10,13-14,16-18H,4,8,11-12H2,1-3H3. The molecule has 1 saturated carbocycles. The Morgan fingerprint density at radius 3 is 2.50 bits per heavy atom. The molecule has 1 nitrogen and oxygen atoms in total. The maximum atomic E-state index is 3.93. The SMILES string of the molecule is CCC1CCCC1NC(c1ccccc1)C(C)C. The minimum Gasteiger partial charge on any atom is -0.307 e. The van der Waals surface area contributed by atoms with Gasteiger partial charge in [-0.05, 0) is 30.2 Å². The van der Waals surface area contributed by atoms with Crippen LogP contribution in [0.15, 0.2) is 30.3 Å². The van der Waals surface area contributed by atoms with Gasteiger partial charge < -0.3 is 5.32 Å². The fourth-order valence-electron chi connectivity index (χ4n) is 3.31. The van der Waals surface area contributed by atoms with E-state index in [2.05, 4.69) is 56.4 Å². The van der Waals surface area contributed by atoms with Crippen LogP contribution in [0.4, 0.5) is 0 Å². The molecule has 0 spiro atoms. The van der Waals surface area contributed by atoms with Crippen LogP contribution in [0.25, 0.3) is 0 Å². The maximum Gasteiger partial charge on any atom is 0.0345 e. The summed E-state index contributed by atoms with van der Waals surface area (Å²) in [6.45, 7) is 6.97. The molecule has 1 aliphatic carbocycles. The van der Waals surface area contributed by atoms with E-state index in [4.69, 9.17) is 0 Å². The summed E-state index contributed by atoms with van der Waals surface area (Å²) < 4.78 is 0. The molecule has 3 unspecified atom stereocenters. The Morgan fingerprint density at radius 2 is 1.89 bits per heavy atom. The van der Waals surface area contributed by atoms with E-state index in [9.17, 15) is 0 Å². The summed E-state index contributed by atoms with van der Waals surface area (Å²) in [5, 5.41) is 3.93. The van der Waals surface area contributed by atoms with Crippen LogP contribution >= 0.6 is 0 Å². The number of hydrogen-bond acceptors (Lipinski definition) is 1. The van der Waals surface area contributed by atoms with E-state index in [-0.39, 0.29) is 0 Å². The van der Waals surface area contributed by atoms with Crippen molar-refractivity contribution in [1.82, 2.24) is 5.32 Å². The molecule has 3 atom stereocenters. The first kappa shape index (κ1) is 13.6. The molecule has 1 aliphatic rings. The summed E-state index contributed by atoms with van der Waals surface area (Å²) in [6.07, 6.45) is 5.48. The zero-order chi connectivity index (χ0) is 13.0. The van der Waals surface area contributed by atoms with Gasteiger partial charge in [0.25, 0.3) is 0 Å². The molecule has 0 amide bonds. The smallest absolute Gasteiger partial charge is 0.0345 e. The van der Waals surface area contributed by atoms with E-state index < -0.39 is 0 Å². The van der Waals surface area contributed by atoms with Gasteiger partial charge in [-0.1, -0.05) is 63.9 Å². The number of rotatable bonds is 5. The minimum atomic E-state index is 0.503. The molecule has 0 heterocycles. The Balaban J connectivity index is 2.07. The van der Waals surface area contributed by atoms with Gasteiger partial charge in [0, 0.05) is 12.1 Å². The van der Waals surface area contributed by atoms with E-state index in [1.807, 2.05) is 0 Å². The largest absolute Gasteiger partial charge is 0.307 e. The van der Waals surface area contributed by atoms with E-state index >= 15 is 0 Å². The topological polar surface area (TPSA) is 12.0 Å². The van der Waals surface area contributed by atoms with Gasteiger partial charge in [0.1, 0.15) is 0 Å². The van der Waals surface area contributed by atoms with Crippen LogP contribution in [0.3, 0.4) is 0 Å². The van der Waals surface area contributed by atoms with Crippen molar-refractivity contribution in [2.45, 2.75) is 58.5 Å². The minimum absolute atomic E-state index is 0.503. The lowest BCUT2D eigenvalue weighted by atomic mass is 9.92. The predicted molar refractivity (Wildman–Crippen MR) is 78.6 cm³/mol. The maximum absolute atomic E-state index is 3.93. The van der Waals surface area contributed by atoms with Gasteiger partial charge >= 0.3 is 0 Å². The first-order valence-corrected chi connectivity index (χ1v) is 7.53. The highest BCUT2D eigenvalue weighted by Crippen LogP contribution is 2.32. The van der Waals surface area contributed by atoms with Crippen LogP contribution in [-0.4, -0.2) is 6.04 Å². The van der Waals surface area contributed by atoms with Gasteiger partial charge in [-0.15, -0.1) is 0 Å². The van der Waals surface area contributed by atoms with E-state index in [1.165, 1.54) is 31.2 Å². The zero-order valence-electron chi connectivity index (χ0n) is 12.0. The van der Waals surface area contributed by atoms with Crippen molar-refractivity contribution in [3.8, 4) is 0 Å². The van der Waals surface area contributed by atoms with Crippen molar-refractivity contribution in [3.05, 3.63) is 35.9 Å². The van der Waals surface area contributed by atoms with Crippen molar-refractivity contribution < 1.29 is 0 Å². The fourth-order valence-corrected chi connectivity index (χ4v) is 3.31. The molecule has 0 aliphatic heterocycles. The van der Waals surface area contributed by atoms with Crippen LogP contribution in [0, 0.1) is 11.8 Å². The van der Waals surface area contributed by atoms with Crippen molar-refractivity contribution >= 4 is 0 Å². The molecule has 0 saturated heterocycles. The summed E-state index contributed by atoms with van der Waals surface area (Å²) in [7, 11) is 0. The van der Waals surface area contributed by atoms with E-state index in [0.717, 1.165) is 12.0 Å². The van der Waals surface area contributed by atoms with Crippen molar-refractivity contribution in [2.24, 2.45) is 11.8 Å². The Hall–Kier alpha value is -0.820. The summed E-state index contributed by atoms with van der Waals surface area (Å²) >= 11 is 0. The molecule has 1 N–H and O–H groups in total. The average molecular weight is 245 g/mol.